The Morgan fingerprint density at radius 1 is 1.09 bits per heavy atom. The molecule has 2 aromatic rings. The second-order valence-electron chi connectivity index (χ2n) is 6.50. The highest BCUT2D eigenvalue weighted by atomic mass is 16.5. The Morgan fingerprint density at radius 3 is 2.48 bits per heavy atom. The summed E-state index contributed by atoms with van der Waals surface area (Å²) >= 11 is 0. The number of Topliss-reactive ketones (excluding diaryl/α,β-unsaturated/α-hetero) is 1. The van der Waals surface area contributed by atoms with Crippen molar-refractivity contribution in [3.8, 4) is 5.75 Å². The lowest BCUT2D eigenvalue weighted by Crippen LogP contribution is -2.30. The van der Waals surface area contributed by atoms with E-state index in [0.717, 1.165) is 39.3 Å². The third-order valence-electron chi connectivity index (χ3n) is 4.96. The molecule has 3 rings (SSSR count). The standard InChI is InChI=1S/C20H21NO2/c1-12-18(15-7-6-10-21-13(15)2)19(22)16-9-8-14(23-5)11-17(16)20(12,3)4/h6-11H,1-5H3. The summed E-state index contributed by atoms with van der Waals surface area (Å²) in [6.07, 6.45) is 1.76. The summed E-state index contributed by atoms with van der Waals surface area (Å²) in [5.41, 5.74) is 5.17. The van der Waals surface area contributed by atoms with E-state index in [2.05, 4.69) is 18.8 Å². The Labute approximate surface area is 137 Å². The smallest absolute Gasteiger partial charge is 0.193 e. The molecular formula is C20H21NO2. The number of nitrogens with zero attached hydrogens (tertiary/aromatic N) is 1. The molecule has 0 unspecified atom stereocenters. The van der Waals surface area contributed by atoms with E-state index in [9.17, 15) is 4.79 Å². The molecule has 1 aliphatic rings. The lowest BCUT2D eigenvalue weighted by atomic mass is 9.67. The molecule has 0 bridgehead atoms. The number of ketones is 1. The average molecular weight is 307 g/mol. The van der Waals surface area contributed by atoms with Gasteiger partial charge < -0.3 is 4.74 Å². The van der Waals surface area contributed by atoms with E-state index in [1.54, 1.807) is 13.3 Å². The molecule has 0 atom stereocenters. The molecule has 1 aliphatic carbocycles. The summed E-state index contributed by atoms with van der Waals surface area (Å²) in [5, 5.41) is 0. The van der Waals surface area contributed by atoms with Crippen molar-refractivity contribution in [2.24, 2.45) is 0 Å². The third kappa shape index (κ3) is 2.27. The molecule has 0 amide bonds. The number of allylic oxidation sites excluding steroid dienone is 2. The van der Waals surface area contributed by atoms with Gasteiger partial charge in [-0.2, -0.15) is 0 Å². The quantitative estimate of drug-likeness (QED) is 0.828. The summed E-state index contributed by atoms with van der Waals surface area (Å²) in [5.74, 6) is 0.842. The molecule has 0 spiro atoms. The summed E-state index contributed by atoms with van der Waals surface area (Å²) < 4.78 is 5.34. The molecule has 23 heavy (non-hydrogen) atoms. The summed E-state index contributed by atoms with van der Waals surface area (Å²) in [6.45, 7) is 8.29. The van der Waals surface area contributed by atoms with Crippen molar-refractivity contribution in [3.63, 3.8) is 0 Å². The molecule has 1 aromatic heterocycles. The molecule has 0 N–H and O–H groups in total. The summed E-state index contributed by atoms with van der Waals surface area (Å²) in [4.78, 5) is 17.5. The van der Waals surface area contributed by atoms with E-state index in [4.69, 9.17) is 4.74 Å². The van der Waals surface area contributed by atoms with Crippen molar-refractivity contribution in [1.82, 2.24) is 4.98 Å². The predicted molar refractivity (Wildman–Crippen MR) is 91.9 cm³/mol. The molecule has 0 aliphatic heterocycles. The molecule has 0 fully saturated rings. The largest absolute Gasteiger partial charge is 0.497 e. The van der Waals surface area contributed by atoms with Gasteiger partial charge in [0.25, 0.3) is 0 Å². The second-order valence-corrected chi connectivity index (χ2v) is 6.50. The van der Waals surface area contributed by atoms with Crippen LogP contribution in [0.25, 0.3) is 5.57 Å². The van der Waals surface area contributed by atoms with Crippen LogP contribution in [0.5, 0.6) is 5.75 Å². The van der Waals surface area contributed by atoms with Crippen molar-refractivity contribution in [2.45, 2.75) is 33.1 Å². The number of carbonyl (C=O) groups is 1. The Balaban J connectivity index is 2.29. The van der Waals surface area contributed by atoms with Gasteiger partial charge in [-0.25, -0.2) is 0 Å². The lowest BCUT2D eigenvalue weighted by molar-refractivity contribution is 0.105. The minimum atomic E-state index is -0.241. The van der Waals surface area contributed by atoms with Crippen LogP contribution in [0.2, 0.25) is 0 Å². The van der Waals surface area contributed by atoms with E-state index >= 15 is 0 Å². The Hall–Kier alpha value is -2.42. The van der Waals surface area contributed by atoms with Crippen LogP contribution in [0, 0.1) is 6.92 Å². The number of hydrogen-bond donors (Lipinski definition) is 0. The Morgan fingerprint density at radius 2 is 1.83 bits per heavy atom. The number of benzene rings is 1. The molecule has 118 valence electrons. The normalized spacial score (nSPS) is 16.3. The average Bonchev–Trinajstić information content (AvgIpc) is 2.54. The van der Waals surface area contributed by atoms with Crippen molar-refractivity contribution in [1.29, 1.82) is 0 Å². The van der Waals surface area contributed by atoms with Gasteiger partial charge in [-0.15, -0.1) is 0 Å². The number of fused-ring (bicyclic) bond motifs is 1. The van der Waals surface area contributed by atoms with E-state index in [0.29, 0.717) is 0 Å². The van der Waals surface area contributed by atoms with Gasteiger partial charge in [0, 0.05) is 34.0 Å². The van der Waals surface area contributed by atoms with E-state index in [-0.39, 0.29) is 11.2 Å². The highest BCUT2D eigenvalue weighted by Gasteiger charge is 2.37. The number of hydrogen-bond acceptors (Lipinski definition) is 3. The fraction of sp³-hybridized carbons (Fsp3) is 0.300. The van der Waals surface area contributed by atoms with Crippen LogP contribution in [0.1, 0.15) is 48.0 Å². The fourth-order valence-corrected chi connectivity index (χ4v) is 3.26. The predicted octanol–water partition coefficient (Wildman–Crippen LogP) is 4.35. The number of rotatable bonds is 2. The Bertz CT molecular complexity index is 831. The second kappa shape index (κ2) is 5.34. The molecule has 3 nitrogen and oxygen atoms in total. The van der Waals surface area contributed by atoms with Crippen molar-refractivity contribution >= 4 is 11.4 Å². The van der Waals surface area contributed by atoms with Crippen LogP contribution < -0.4 is 4.74 Å². The number of pyridine rings is 1. The number of carbonyl (C=O) groups excluding carboxylic acids is 1. The molecule has 0 radical (unpaired) electrons. The molecule has 1 aromatic carbocycles. The number of methoxy groups -OCH3 is 1. The zero-order valence-corrected chi connectivity index (χ0v) is 14.2. The monoisotopic (exact) mass is 307 g/mol. The maximum absolute atomic E-state index is 13.1. The van der Waals surface area contributed by atoms with Gasteiger partial charge in [-0.3, -0.25) is 9.78 Å². The van der Waals surface area contributed by atoms with Gasteiger partial charge >= 0.3 is 0 Å². The molecule has 0 saturated carbocycles. The first-order valence-corrected chi connectivity index (χ1v) is 7.74. The zero-order chi connectivity index (χ0) is 16.8. The van der Waals surface area contributed by atoms with Crippen LogP contribution in [-0.2, 0) is 5.41 Å². The topological polar surface area (TPSA) is 39.2 Å². The Kier molecular flexibility index (Phi) is 3.59. The van der Waals surface area contributed by atoms with Crippen molar-refractivity contribution in [3.05, 3.63) is 64.5 Å². The lowest BCUT2D eigenvalue weighted by Gasteiger charge is -2.35. The number of aromatic nitrogens is 1. The highest BCUT2D eigenvalue weighted by Crippen LogP contribution is 2.45. The first kappa shape index (κ1) is 15.5. The number of ether oxygens (including phenoxy) is 1. The van der Waals surface area contributed by atoms with Gasteiger partial charge in [0.2, 0.25) is 0 Å². The maximum atomic E-state index is 13.1. The van der Waals surface area contributed by atoms with Gasteiger partial charge in [-0.1, -0.05) is 25.5 Å². The van der Waals surface area contributed by atoms with E-state index in [1.807, 2.05) is 44.2 Å². The van der Waals surface area contributed by atoms with Gasteiger partial charge in [-0.05, 0) is 43.7 Å². The molecular weight excluding hydrogens is 286 g/mol. The first-order chi connectivity index (χ1) is 10.9. The minimum absolute atomic E-state index is 0.0654. The van der Waals surface area contributed by atoms with Crippen LogP contribution in [0.3, 0.4) is 0 Å². The minimum Gasteiger partial charge on any atom is -0.497 e. The number of aryl methyl sites for hydroxylation is 1. The van der Waals surface area contributed by atoms with E-state index in [1.165, 1.54) is 0 Å². The molecule has 1 heterocycles. The van der Waals surface area contributed by atoms with Crippen LogP contribution in [0.4, 0.5) is 0 Å². The summed E-state index contributed by atoms with van der Waals surface area (Å²) in [7, 11) is 1.65. The van der Waals surface area contributed by atoms with Crippen molar-refractivity contribution in [2.75, 3.05) is 7.11 Å². The first-order valence-electron chi connectivity index (χ1n) is 7.74. The van der Waals surface area contributed by atoms with Gasteiger partial charge in [0.05, 0.1) is 7.11 Å². The van der Waals surface area contributed by atoms with Gasteiger partial charge in [0.1, 0.15) is 5.75 Å². The van der Waals surface area contributed by atoms with Crippen molar-refractivity contribution < 1.29 is 9.53 Å². The van der Waals surface area contributed by atoms with Crippen LogP contribution >= 0.6 is 0 Å². The molecule has 0 saturated heterocycles. The van der Waals surface area contributed by atoms with Crippen LogP contribution in [0.15, 0.2) is 42.1 Å². The molecule has 3 heteroatoms. The highest BCUT2D eigenvalue weighted by molar-refractivity contribution is 6.31. The SMILES string of the molecule is COc1ccc2c(c1)C(C)(C)C(C)=C(c1cccnc1C)C2=O. The van der Waals surface area contributed by atoms with E-state index < -0.39 is 0 Å². The maximum Gasteiger partial charge on any atom is 0.193 e. The van der Waals surface area contributed by atoms with Crippen LogP contribution in [-0.4, -0.2) is 17.9 Å². The third-order valence-corrected chi connectivity index (χ3v) is 4.96. The van der Waals surface area contributed by atoms with Gasteiger partial charge in [0.15, 0.2) is 5.78 Å². The summed E-state index contributed by atoms with van der Waals surface area (Å²) in [6, 6.07) is 9.55. The fourth-order valence-electron chi connectivity index (χ4n) is 3.26. The zero-order valence-electron chi connectivity index (χ0n) is 14.2.